The van der Waals surface area contributed by atoms with Crippen molar-refractivity contribution in [1.82, 2.24) is 4.90 Å². The van der Waals surface area contributed by atoms with Gasteiger partial charge in [-0.2, -0.15) is 0 Å². The maximum absolute atomic E-state index is 12.9. The summed E-state index contributed by atoms with van der Waals surface area (Å²) in [5.74, 6) is 2.40. The van der Waals surface area contributed by atoms with E-state index in [9.17, 15) is 9.59 Å². The minimum atomic E-state index is -0.255. The largest absolute Gasteiger partial charge is 0.341 e. The summed E-state index contributed by atoms with van der Waals surface area (Å²) < 4.78 is 0. The Morgan fingerprint density at radius 3 is 2.48 bits per heavy atom. The maximum Gasteiger partial charge on any atom is 0.229 e. The van der Waals surface area contributed by atoms with Gasteiger partial charge in [-0.3, -0.25) is 9.59 Å². The van der Waals surface area contributed by atoms with E-state index in [1.54, 1.807) is 0 Å². The van der Waals surface area contributed by atoms with Gasteiger partial charge < -0.3 is 10.2 Å². The molecule has 2 unspecified atom stereocenters. The van der Waals surface area contributed by atoms with Crippen LogP contribution in [-0.2, 0) is 16.0 Å². The molecule has 1 heterocycles. The number of likely N-dealkylation sites (tertiary alicyclic amines) is 1. The average Bonchev–Trinajstić information content (AvgIpc) is 2.77. The Balaban J connectivity index is 1.78. The molecule has 0 bridgehead atoms. The predicted octanol–water partition coefficient (Wildman–Crippen LogP) is 4.23. The van der Waals surface area contributed by atoms with E-state index in [0.717, 1.165) is 18.5 Å². The summed E-state index contributed by atoms with van der Waals surface area (Å²) in [6, 6.07) is 18.0. The molecule has 0 radical (unpaired) electrons. The molecule has 2 aromatic carbocycles. The van der Waals surface area contributed by atoms with Crippen LogP contribution < -0.4 is 5.32 Å². The molecule has 0 spiro atoms. The van der Waals surface area contributed by atoms with Crippen molar-refractivity contribution >= 4 is 17.5 Å². The molecule has 29 heavy (non-hydrogen) atoms. The highest BCUT2D eigenvalue weighted by atomic mass is 16.2. The van der Waals surface area contributed by atoms with Crippen LogP contribution in [0.4, 0.5) is 5.69 Å². The number of nitrogens with zero attached hydrogens (tertiary/aromatic N) is 1. The summed E-state index contributed by atoms with van der Waals surface area (Å²) in [6.45, 7) is 3.20. The predicted molar refractivity (Wildman–Crippen MR) is 116 cm³/mol. The first-order valence-electron chi connectivity index (χ1n) is 10.3. The molecular weight excluding hydrogens is 360 g/mol. The molecule has 1 aliphatic rings. The van der Waals surface area contributed by atoms with Crippen LogP contribution in [0, 0.1) is 18.3 Å². The minimum Gasteiger partial charge on any atom is -0.341 e. The maximum atomic E-state index is 12.9. The molecule has 0 aliphatic carbocycles. The van der Waals surface area contributed by atoms with Crippen molar-refractivity contribution in [3.05, 3.63) is 65.7 Å². The first-order chi connectivity index (χ1) is 14.1. The lowest BCUT2D eigenvalue weighted by Gasteiger charge is -2.37. The van der Waals surface area contributed by atoms with Crippen LogP contribution in [0.2, 0.25) is 0 Å². The van der Waals surface area contributed by atoms with E-state index in [2.05, 4.69) is 42.4 Å². The molecule has 2 aromatic rings. The minimum absolute atomic E-state index is 0.0235. The summed E-state index contributed by atoms with van der Waals surface area (Å²) >= 11 is 0. The van der Waals surface area contributed by atoms with Crippen LogP contribution >= 0.6 is 0 Å². The number of rotatable bonds is 6. The number of carbonyl (C=O) groups excluding carboxylic acids is 2. The van der Waals surface area contributed by atoms with Crippen LogP contribution in [0.15, 0.2) is 54.6 Å². The molecule has 2 atom stereocenters. The smallest absolute Gasteiger partial charge is 0.229 e. The Hall–Kier alpha value is -3.06. The number of benzene rings is 2. The molecule has 0 aromatic heterocycles. The fourth-order valence-corrected chi connectivity index (χ4v) is 3.86. The van der Waals surface area contributed by atoms with Gasteiger partial charge in [0.2, 0.25) is 11.8 Å². The van der Waals surface area contributed by atoms with Gasteiger partial charge in [-0.15, -0.1) is 12.3 Å². The van der Waals surface area contributed by atoms with E-state index in [0.29, 0.717) is 25.9 Å². The third-order valence-corrected chi connectivity index (χ3v) is 5.56. The number of nitrogens with one attached hydrogen (secondary N) is 1. The number of hydrogen-bond acceptors (Lipinski definition) is 2. The quantitative estimate of drug-likeness (QED) is 0.753. The van der Waals surface area contributed by atoms with E-state index in [4.69, 9.17) is 6.42 Å². The van der Waals surface area contributed by atoms with E-state index >= 15 is 0 Å². The molecular formula is C25H28N2O2. The third kappa shape index (κ3) is 5.48. The van der Waals surface area contributed by atoms with E-state index < -0.39 is 0 Å². The second-order valence-electron chi connectivity index (χ2n) is 7.58. The monoisotopic (exact) mass is 388 g/mol. The highest BCUT2D eigenvalue weighted by molar-refractivity contribution is 5.93. The highest BCUT2D eigenvalue weighted by Crippen LogP contribution is 2.32. The van der Waals surface area contributed by atoms with Gasteiger partial charge >= 0.3 is 0 Å². The van der Waals surface area contributed by atoms with Gasteiger partial charge in [-0.1, -0.05) is 49.4 Å². The molecule has 0 saturated carbocycles. The SMILES string of the molecule is C#CCCC(=O)N1CC(C(=O)Nc2ccccc2)CC(c2ccc(CC)cc2)C1. The van der Waals surface area contributed by atoms with Crippen molar-refractivity contribution in [3.63, 3.8) is 0 Å². The average molecular weight is 389 g/mol. The van der Waals surface area contributed by atoms with E-state index in [1.165, 1.54) is 11.1 Å². The number of para-hydroxylation sites is 1. The van der Waals surface area contributed by atoms with Gasteiger partial charge in [-0.25, -0.2) is 0 Å². The fraction of sp³-hybridized carbons (Fsp3) is 0.360. The van der Waals surface area contributed by atoms with Crippen LogP contribution in [0.5, 0.6) is 0 Å². The summed E-state index contributed by atoms with van der Waals surface area (Å²) in [5, 5.41) is 3.00. The number of carbonyl (C=O) groups is 2. The number of terminal acetylenes is 1. The number of aryl methyl sites for hydroxylation is 1. The van der Waals surface area contributed by atoms with Crippen LogP contribution in [0.1, 0.15) is 43.2 Å². The molecule has 2 amide bonds. The van der Waals surface area contributed by atoms with Gasteiger partial charge in [0.25, 0.3) is 0 Å². The molecule has 3 rings (SSSR count). The fourth-order valence-electron chi connectivity index (χ4n) is 3.86. The second-order valence-corrected chi connectivity index (χ2v) is 7.58. The highest BCUT2D eigenvalue weighted by Gasteiger charge is 2.34. The molecule has 150 valence electrons. The Morgan fingerprint density at radius 2 is 1.83 bits per heavy atom. The molecule has 1 fully saturated rings. The number of anilines is 1. The van der Waals surface area contributed by atoms with Crippen molar-refractivity contribution < 1.29 is 9.59 Å². The number of piperidine rings is 1. The number of hydrogen-bond donors (Lipinski definition) is 1. The zero-order valence-corrected chi connectivity index (χ0v) is 16.9. The first kappa shape index (κ1) is 20.7. The zero-order chi connectivity index (χ0) is 20.6. The summed E-state index contributed by atoms with van der Waals surface area (Å²) in [6.07, 6.45) is 7.79. The zero-order valence-electron chi connectivity index (χ0n) is 16.9. The first-order valence-corrected chi connectivity index (χ1v) is 10.3. The lowest BCUT2D eigenvalue weighted by Crippen LogP contribution is -2.46. The van der Waals surface area contributed by atoms with Gasteiger partial charge in [0.1, 0.15) is 0 Å². The van der Waals surface area contributed by atoms with E-state index in [1.807, 2.05) is 35.2 Å². The lowest BCUT2D eigenvalue weighted by atomic mass is 9.83. The Morgan fingerprint density at radius 1 is 1.10 bits per heavy atom. The normalized spacial score (nSPS) is 18.7. The van der Waals surface area contributed by atoms with Crippen LogP contribution in [0.3, 0.4) is 0 Å². The van der Waals surface area contributed by atoms with Crippen molar-refractivity contribution in [2.24, 2.45) is 5.92 Å². The van der Waals surface area contributed by atoms with Crippen molar-refractivity contribution in [2.45, 2.75) is 38.5 Å². The third-order valence-electron chi connectivity index (χ3n) is 5.56. The molecule has 1 saturated heterocycles. The molecule has 4 nitrogen and oxygen atoms in total. The number of amides is 2. The molecule has 4 heteroatoms. The Labute approximate surface area is 173 Å². The lowest BCUT2D eigenvalue weighted by molar-refractivity contribution is -0.135. The van der Waals surface area contributed by atoms with Gasteiger partial charge in [0.15, 0.2) is 0 Å². The van der Waals surface area contributed by atoms with Crippen LogP contribution in [0.25, 0.3) is 0 Å². The van der Waals surface area contributed by atoms with Crippen molar-refractivity contribution in [1.29, 1.82) is 0 Å². The molecule has 1 N–H and O–H groups in total. The molecule has 1 aliphatic heterocycles. The van der Waals surface area contributed by atoms with Crippen molar-refractivity contribution in [2.75, 3.05) is 18.4 Å². The van der Waals surface area contributed by atoms with Gasteiger partial charge in [0, 0.05) is 37.5 Å². The second kappa shape index (κ2) is 9.93. The van der Waals surface area contributed by atoms with Gasteiger partial charge in [-0.05, 0) is 36.1 Å². The van der Waals surface area contributed by atoms with Crippen molar-refractivity contribution in [3.8, 4) is 12.3 Å². The Bertz CT molecular complexity index is 868. The van der Waals surface area contributed by atoms with Crippen LogP contribution in [-0.4, -0.2) is 29.8 Å². The topological polar surface area (TPSA) is 49.4 Å². The summed E-state index contributed by atoms with van der Waals surface area (Å²) in [5.41, 5.74) is 3.23. The van der Waals surface area contributed by atoms with Gasteiger partial charge in [0.05, 0.1) is 5.92 Å². The summed E-state index contributed by atoms with van der Waals surface area (Å²) in [4.78, 5) is 27.4. The Kier molecular flexibility index (Phi) is 7.08. The summed E-state index contributed by atoms with van der Waals surface area (Å²) in [7, 11) is 0. The van der Waals surface area contributed by atoms with E-state index in [-0.39, 0.29) is 23.7 Å². The standard InChI is InChI=1S/C25H28N2O2/c1-3-5-11-24(28)27-17-21(20-14-12-19(4-2)13-15-20)16-22(18-27)25(29)26-23-9-7-6-8-10-23/h1,6-10,12-15,21-22H,4-5,11,16-18H2,2H3,(H,26,29).